The van der Waals surface area contributed by atoms with Gasteiger partial charge in [-0.2, -0.15) is 0 Å². The molecule has 0 spiro atoms. The van der Waals surface area contributed by atoms with E-state index in [-0.39, 0.29) is 5.92 Å². The highest BCUT2D eigenvalue weighted by molar-refractivity contribution is 7.80. The fourth-order valence-corrected chi connectivity index (χ4v) is 3.67. The number of rotatable bonds is 5. The zero-order valence-corrected chi connectivity index (χ0v) is 13.9. The molecule has 1 aromatic rings. The van der Waals surface area contributed by atoms with Gasteiger partial charge in [0.2, 0.25) is 0 Å². The number of thiocarbonyl (C=S) groups is 1. The fraction of sp³-hybridized carbons (Fsp3) is 0.647. The van der Waals surface area contributed by atoms with Crippen LogP contribution >= 0.6 is 12.2 Å². The Kier molecular flexibility index (Phi) is 5.76. The third-order valence-corrected chi connectivity index (χ3v) is 5.01. The van der Waals surface area contributed by atoms with Gasteiger partial charge in [-0.1, -0.05) is 31.1 Å². The molecule has 2 aliphatic rings. The molecule has 4 nitrogen and oxygen atoms in total. The second-order valence-corrected chi connectivity index (χ2v) is 6.65. The summed E-state index contributed by atoms with van der Waals surface area (Å²) in [6, 6.07) is 6.66. The van der Waals surface area contributed by atoms with Crippen LogP contribution < -0.4 is 5.32 Å². The van der Waals surface area contributed by atoms with Crippen molar-refractivity contribution in [3.8, 4) is 0 Å². The standard InChI is InChI=1S/C17H25N3OS/c22-17(19-14-5-1-2-6-14)15(16-7-3-4-8-18-16)13-20-9-11-21-12-10-20/h3-4,7-8,14-15H,1-2,5-6,9-13H2,(H,19,22). The van der Waals surface area contributed by atoms with Crippen LogP contribution in [0.25, 0.3) is 0 Å². The Labute approximate surface area is 138 Å². The van der Waals surface area contributed by atoms with E-state index in [0.717, 1.165) is 43.5 Å². The molecular weight excluding hydrogens is 294 g/mol. The maximum atomic E-state index is 5.75. The molecule has 1 N–H and O–H groups in total. The third-order valence-electron chi connectivity index (χ3n) is 4.61. The highest BCUT2D eigenvalue weighted by Gasteiger charge is 2.25. The predicted molar refractivity (Wildman–Crippen MR) is 92.2 cm³/mol. The Morgan fingerprint density at radius 1 is 1.32 bits per heavy atom. The van der Waals surface area contributed by atoms with Gasteiger partial charge in [0, 0.05) is 31.9 Å². The van der Waals surface area contributed by atoms with Gasteiger partial charge in [-0.05, 0) is 25.0 Å². The molecular formula is C17H25N3OS. The first kappa shape index (κ1) is 15.8. The van der Waals surface area contributed by atoms with E-state index in [1.807, 2.05) is 18.3 Å². The molecule has 3 rings (SSSR count). The van der Waals surface area contributed by atoms with Crippen molar-refractivity contribution in [2.24, 2.45) is 0 Å². The van der Waals surface area contributed by atoms with Crippen molar-refractivity contribution in [1.29, 1.82) is 0 Å². The summed E-state index contributed by atoms with van der Waals surface area (Å²) in [4.78, 5) is 7.95. The number of hydrogen-bond acceptors (Lipinski definition) is 4. The van der Waals surface area contributed by atoms with Crippen molar-refractivity contribution < 1.29 is 4.74 Å². The maximum Gasteiger partial charge on any atom is 0.0860 e. The summed E-state index contributed by atoms with van der Waals surface area (Å²) >= 11 is 5.75. The van der Waals surface area contributed by atoms with Gasteiger partial charge in [-0.15, -0.1) is 0 Å². The van der Waals surface area contributed by atoms with E-state index in [1.165, 1.54) is 25.7 Å². The number of morpholine rings is 1. The number of ether oxygens (including phenoxy) is 1. The van der Waals surface area contributed by atoms with Crippen LogP contribution in [0.3, 0.4) is 0 Å². The molecule has 1 saturated carbocycles. The Bertz CT molecular complexity index is 470. The summed E-state index contributed by atoms with van der Waals surface area (Å²) in [6.45, 7) is 4.53. The number of nitrogens with zero attached hydrogens (tertiary/aromatic N) is 2. The van der Waals surface area contributed by atoms with Gasteiger partial charge in [0.1, 0.15) is 0 Å². The summed E-state index contributed by atoms with van der Waals surface area (Å²) in [6.07, 6.45) is 6.98. The van der Waals surface area contributed by atoms with E-state index < -0.39 is 0 Å². The second kappa shape index (κ2) is 7.99. The average Bonchev–Trinajstić information content (AvgIpc) is 3.07. The molecule has 1 aliphatic carbocycles. The van der Waals surface area contributed by atoms with Crippen molar-refractivity contribution in [3.05, 3.63) is 30.1 Å². The lowest BCUT2D eigenvalue weighted by molar-refractivity contribution is 0.0372. The first-order chi connectivity index (χ1) is 10.8. The molecule has 22 heavy (non-hydrogen) atoms. The van der Waals surface area contributed by atoms with Crippen LogP contribution in [0.1, 0.15) is 37.3 Å². The van der Waals surface area contributed by atoms with Gasteiger partial charge in [-0.3, -0.25) is 9.88 Å². The van der Waals surface area contributed by atoms with Crippen molar-refractivity contribution in [2.45, 2.75) is 37.6 Å². The van der Waals surface area contributed by atoms with E-state index in [9.17, 15) is 0 Å². The van der Waals surface area contributed by atoms with E-state index in [4.69, 9.17) is 17.0 Å². The first-order valence-electron chi connectivity index (χ1n) is 8.34. The molecule has 1 saturated heterocycles. The molecule has 5 heteroatoms. The van der Waals surface area contributed by atoms with Gasteiger partial charge in [-0.25, -0.2) is 0 Å². The van der Waals surface area contributed by atoms with Crippen molar-refractivity contribution >= 4 is 17.2 Å². The van der Waals surface area contributed by atoms with Gasteiger partial charge < -0.3 is 10.1 Å². The van der Waals surface area contributed by atoms with Gasteiger partial charge in [0.15, 0.2) is 0 Å². The maximum absolute atomic E-state index is 5.75. The van der Waals surface area contributed by atoms with E-state index in [0.29, 0.717) is 6.04 Å². The third kappa shape index (κ3) is 4.24. The van der Waals surface area contributed by atoms with Crippen LogP contribution in [0.15, 0.2) is 24.4 Å². The number of hydrogen-bond donors (Lipinski definition) is 1. The second-order valence-electron chi connectivity index (χ2n) is 6.21. The van der Waals surface area contributed by atoms with E-state index in [2.05, 4.69) is 21.3 Å². The molecule has 0 radical (unpaired) electrons. The molecule has 0 amide bonds. The Morgan fingerprint density at radius 3 is 2.77 bits per heavy atom. The molecule has 1 atom stereocenters. The van der Waals surface area contributed by atoms with Crippen molar-refractivity contribution in [2.75, 3.05) is 32.8 Å². The van der Waals surface area contributed by atoms with Crippen LogP contribution in [0, 0.1) is 0 Å². The minimum absolute atomic E-state index is 0.176. The summed E-state index contributed by atoms with van der Waals surface area (Å²) in [7, 11) is 0. The molecule has 2 heterocycles. The SMILES string of the molecule is S=C(NC1CCCC1)C(CN1CCOCC1)c1ccccn1. The quantitative estimate of drug-likeness (QED) is 0.843. The number of nitrogens with one attached hydrogen (secondary N) is 1. The minimum Gasteiger partial charge on any atom is -0.379 e. The summed E-state index contributed by atoms with van der Waals surface area (Å²) in [5.74, 6) is 0.176. The van der Waals surface area contributed by atoms with Crippen molar-refractivity contribution in [3.63, 3.8) is 0 Å². The van der Waals surface area contributed by atoms with Crippen LogP contribution in [-0.4, -0.2) is 53.8 Å². The smallest absolute Gasteiger partial charge is 0.0860 e. The Balaban J connectivity index is 1.68. The number of pyridine rings is 1. The molecule has 1 unspecified atom stereocenters. The largest absolute Gasteiger partial charge is 0.379 e. The molecule has 1 aliphatic heterocycles. The van der Waals surface area contributed by atoms with Gasteiger partial charge >= 0.3 is 0 Å². The van der Waals surface area contributed by atoms with Crippen molar-refractivity contribution in [1.82, 2.24) is 15.2 Å². The summed E-state index contributed by atoms with van der Waals surface area (Å²) < 4.78 is 5.45. The summed E-state index contributed by atoms with van der Waals surface area (Å²) in [5, 5.41) is 3.60. The lowest BCUT2D eigenvalue weighted by Crippen LogP contribution is -2.44. The lowest BCUT2D eigenvalue weighted by atomic mass is 10.0. The van der Waals surface area contributed by atoms with Crippen LogP contribution in [0.4, 0.5) is 0 Å². The normalized spacial score (nSPS) is 21.6. The van der Waals surface area contributed by atoms with E-state index >= 15 is 0 Å². The zero-order valence-electron chi connectivity index (χ0n) is 13.0. The average molecular weight is 319 g/mol. The highest BCUT2D eigenvalue weighted by atomic mass is 32.1. The van der Waals surface area contributed by atoms with E-state index in [1.54, 1.807) is 0 Å². The number of aromatic nitrogens is 1. The van der Waals surface area contributed by atoms with Crippen LogP contribution in [-0.2, 0) is 4.74 Å². The molecule has 120 valence electrons. The lowest BCUT2D eigenvalue weighted by Gasteiger charge is -2.31. The zero-order chi connectivity index (χ0) is 15.2. The van der Waals surface area contributed by atoms with Crippen LogP contribution in [0.2, 0.25) is 0 Å². The first-order valence-corrected chi connectivity index (χ1v) is 8.75. The monoisotopic (exact) mass is 319 g/mol. The fourth-order valence-electron chi connectivity index (χ4n) is 3.31. The highest BCUT2D eigenvalue weighted by Crippen LogP contribution is 2.22. The molecule has 0 bridgehead atoms. The summed E-state index contributed by atoms with van der Waals surface area (Å²) in [5.41, 5.74) is 1.07. The van der Waals surface area contributed by atoms with Gasteiger partial charge in [0.05, 0.1) is 29.8 Å². The predicted octanol–water partition coefficient (Wildman–Crippen LogP) is 2.36. The Morgan fingerprint density at radius 2 is 2.09 bits per heavy atom. The topological polar surface area (TPSA) is 37.4 Å². The van der Waals surface area contributed by atoms with Gasteiger partial charge in [0.25, 0.3) is 0 Å². The van der Waals surface area contributed by atoms with Crippen LogP contribution in [0.5, 0.6) is 0 Å². The Hall–Kier alpha value is -1.04. The molecule has 2 fully saturated rings. The molecule has 0 aromatic carbocycles. The minimum atomic E-state index is 0.176. The molecule has 1 aromatic heterocycles.